The maximum atomic E-state index is 12.1. The molecule has 3 amide bonds. The third kappa shape index (κ3) is 4.16. The van der Waals surface area contributed by atoms with Crippen LogP contribution in [0.3, 0.4) is 0 Å². The van der Waals surface area contributed by atoms with Crippen LogP contribution >= 0.6 is 0 Å². The Hall–Kier alpha value is -3.16. The second-order valence-corrected chi connectivity index (χ2v) is 3.86. The number of urea groups is 1. The number of allylic oxidation sites excluding steroid dienone is 1. The quantitative estimate of drug-likeness (QED) is 0.304. The summed E-state index contributed by atoms with van der Waals surface area (Å²) in [6.45, 7) is -0.794. The lowest BCUT2D eigenvalue weighted by Crippen LogP contribution is -2.51. The fourth-order valence-corrected chi connectivity index (χ4v) is 1.68. The van der Waals surface area contributed by atoms with E-state index in [0.29, 0.717) is 12.1 Å². The standard InChI is InChI=1S/C12H11N5O4/c13-4-2-1-3-10-5-11(19)16(7-15-8-18)12(20)17(10)9-21-6-14/h3H,1-2,5,7,9H2/b10-3-. The van der Waals surface area contributed by atoms with Gasteiger partial charge in [-0.15, -0.1) is 0 Å². The highest BCUT2D eigenvalue weighted by Gasteiger charge is 2.35. The molecule has 1 rings (SSSR count). The van der Waals surface area contributed by atoms with E-state index in [9.17, 15) is 14.4 Å². The van der Waals surface area contributed by atoms with Crippen LogP contribution in [0.4, 0.5) is 4.79 Å². The van der Waals surface area contributed by atoms with Crippen LogP contribution in [0.5, 0.6) is 0 Å². The van der Waals surface area contributed by atoms with Gasteiger partial charge in [-0.2, -0.15) is 15.5 Å². The second-order valence-electron chi connectivity index (χ2n) is 3.86. The Labute approximate surface area is 120 Å². The molecule has 0 aromatic heterocycles. The number of carbonyl (C=O) groups is 2. The molecule has 0 atom stereocenters. The van der Waals surface area contributed by atoms with Gasteiger partial charge < -0.3 is 4.74 Å². The number of aliphatic imine (C=N–C) groups is 1. The number of unbranched alkanes of at least 4 members (excludes halogenated alkanes) is 1. The number of hydrogen-bond donors (Lipinski definition) is 0. The van der Waals surface area contributed by atoms with Crippen molar-refractivity contribution in [1.82, 2.24) is 9.80 Å². The Kier molecular flexibility index (Phi) is 6.13. The van der Waals surface area contributed by atoms with Crippen LogP contribution in [0.1, 0.15) is 19.3 Å². The minimum Gasteiger partial charge on any atom is -0.405 e. The van der Waals surface area contributed by atoms with Crippen LogP contribution in [0.15, 0.2) is 16.8 Å². The molecular weight excluding hydrogens is 278 g/mol. The van der Waals surface area contributed by atoms with E-state index in [1.807, 2.05) is 6.07 Å². The van der Waals surface area contributed by atoms with Crippen molar-refractivity contribution in [3.8, 4) is 12.3 Å². The summed E-state index contributed by atoms with van der Waals surface area (Å²) < 4.78 is 4.53. The van der Waals surface area contributed by atoms with Crippen molar-refractivity contribution in [2.45, 2.75) is 19.3 Å². The van der Waals surface area contributed by atoms with E-state index in [0.717, 1.165) is 9.80 Å². The second kappa shape index (κ2) is 8.10. The largest absolute Gasteiger partial charge is 0.405 e. The molecule has 0 aliphatic carbocycles. The minimum atomic E-state index is -0.747. The summed E-state index contributed by atoms with van der Waals surface area (Å²) in [7, 11) is 0. The number of nitriles is 2. The fraction of sp³-hybridized carbons (Fsp3) is 0.417. The summed E-state index contributed by atoms with van der Waals surface area (Å²) in [5.74, 6) is -0.532. The molecule has 21 heavy (non-hydrogen) atoms. The predicted octanol–water partition coefficient (Wildman–Crippen LogP) is 0.577. The molecule has 1 aliphatic heterocycles. The first-order valence-electron chi connectivity index (χ1n) is 5.88. The van der Waals surface area contributed by atoms with Crippen molar-refractivity contribution in [3.05, 3.63) is 11.8 Å². The summed E-state index contributed by atoms with van der Waals surface area (Å²) in [6, 6.07) is 1.19. The molecule has 9 heteroatoms. The molecule has 1 heterocycles. The highest BCUT2D eigenvalue weighted by atomic mass is 16.5. The van der Waals surface area contributed by atoms with Crippen molar-refractivity contribution < 1.29 is 19.1 Å². The normalized spacial score (nSPS) is 16.2. The van der Waals surface area contributed by atoms with E-state index < -0.39 is 18.6 Å². The van der Waals surface area contributed by atoms with Gasteiger partial charge in [0.1, 0.15) is 6.67 Å². The van der Waals surface area contributed by atoms with Crippen LogP contribution in [0.25, 0.3) is 0 Å². The topological polar surface area (TPSA) is 127 Å². The number of amides is 3. The van der Waals surface area contributed by atoms with E-state index in [4.69, 9.17) is 10.5 Å². The zero-order chi connectivity index (χ0) is 15.7. The molecule has 108 valence electrons. The Morgan fingerprint density at radius 3 is 2.71 bits per heavy atom. The molecular formula is C12H11N5O4. The molecule has 1 fully saturated rings. The zero-order valence-electron chi connectivity index (χ0n) is 11.0. The van der Waals surface area contributed by atoms with Crippen LogP contribution in [-0.2, 0) is 14.3 Å². The van der Waals surface area contributed by atoms with Gasteiger partial charge in [0.2, 0.25) is 12.0 Å². The monoisotopic (exact) mass is 289 g/mol. The summed E-state index contributed by atoms with van der Waals surface area (Å²) >= 11 is 0. The van der Waals surface area contributed by atoms with E-state index >= 15 is 0 Å². The first-order chi connectivity index (χ1) is 10.2. The smallest absolute Gasteiger partial charge is 0.335 e. The molecule has 0 aromatic carbocycles. The van der Waals surface area contributed by atoms with Gasteiger partial charge in [-0.1, -0.05) is 6.08 Å². The average Bonchev–Trinajstić information content (AvgIpc) is 2.47. The van der Waals surface area contributed by atoms with E-state index in [1.165, 1.54) is 12.3 Å². The third-order valence-electron chi connectivity index (χ3n) is 2.61. The maximum Gasteiger partial charge on any atom is 0.335 e. The van der Waals surface area contributed by atoms with Crippen molar-refractivity contribution in [2.24, 2.45) is 4.99 Å². The van der Waals surface area contributed by atoms with Crippen molar-refractivity contribution in [3.63, 3.8) is 0 Å². The molecule has 0 unspecified atom stereocenters. The van der Waals surface area contributed by atoms with Gasteiger partial charge in [-0.25, -0.2) is 14.5 Å². The van der Waals surface area contributed by atoms with Gasteiger partial charge in [0.15, 0.2) is 6.73 Å². The van der Waals surface area contributed by atoms with Crippen LogP contribution in [0.2, 0.25) is 0 Å². The summed E-state index contributed by atoms with van der Waals surface area (Å²) in [4.78, 5) is 39.1. The fourth-order valence-electron chi connectivity index (χ4n) is 1.68. The zero-order valence-corrected chi connectivity index (χ0v) is 11.0. The first kappa shape index (κ1) is 15.9. The van der Waals surface area contributed by atoms with Crippen LogP contribution in [0, 0.1) is 22.8 Å². The van der Waals surface area contributed by atoms with Gasteiger partial charge in [0.25, 0.3) is 6.26 Å². The lowest BCUT2D eigenvalue weighted by Gasteiger charge is -2.33. The SMILES string of the molecule is N#CCC/C=C1/CC(=O)N(CN=C=O)C(=O)N1COC#N. The average molecular weight is 289 g/mol. The van der Waals surface area contributed by atoms with Gasteiger partial charge in [-0.05, 0) is 6.42 Å². The Morgan fingerprint density at radius 2 is 2.10 bits per heavy atom. The molecule has 1 aliphatic rings. The summed E-state index contributed by atoms with van der Waals surface area (Å²) in [6.07, 6.45) is 4.73. The Morgan fingerprint density at radius 1 is 1.33 bits per heavy atom. The number of hydrogen-bond acceptors (Lipinski definition) is 7. The number of rotatable bonds is 6. The van der Waals surface area contributed by atoms with Crippen molar-refractivity contribution in [1.29, 1.82) is 10.5 Å². The number of nitrogens with zero attached hydrogens (tertiary/aromatic N) is 5. The molecule has 0 N–H and O–H groups in total. The maximum absolute atomic E-state index is 12.1. The van der Waals surface area contributed by atoms with Crippen molar-refractivity contribution >= 4 is 18.0 Å². The Bertz CT molecular complexity index is 579. The molecule has 9 nitrogen and oxygen atoms in total. The molecule has 0 spiro atoms. The number of imide groups is 1. The van der Waals surface area contributed by atoms with Gasteiger partial charge in [-0.3, -0.25) is 9.69 Å². The number of ether oxygens (including phenoxy) is 1. The molecule has 0 bridgehead atoms. The van der Waals surface area contributed by atoms with Crippen LogP contribution in [-0.4, -0.2) is 41.2 Å². The Balaban J connectivity index is 2.96. The van der Waals surface area contributed by atoms with Crippen LogP contribution < -0.4 is 0 Å². The van der Waals surface area contributed by atoms with E-state index in [1.54, 1.807) is 6.08 Å². The highest BCUT2D eigenvalue weighted by molar-refractivity contribution is 5.99. The molecule has 0 saturated carbocycles. The third-order valence-corrected chi connectivity index (χ3v) is 2.61. The van der Waals surface area contributed by atoms with E-state index in [2.05, 4.69) is 9.73 Å². The van der Waals surface area contributed by atoms with E-state index in [-0.39, 0.29) is 19.6 Å². The predicted molar refractivity (Wildman–Crippen MR) is 66.2 cm³/mol. The molecule has 0 aromatic rings. The summed E-state index contributed by atoms with van der Waals surface area (Å²) in [5.41, 5.74) is 0.349. The lowest BCUT2D eigenvalue weighted by molar-refractivity contribution is -0.130. The van der Waals surface area contributed by atoms with Gasteiger partial charge in [0, 0.05) is 12.1 Å². The number of isocyanates is 1. The van der Waals surface area contributed by atoms with Gasteiger partial charge in [0.05, 0.1) is 12.5 Å². The molecule has 1 saturated heterocycles. The van der Waals surface area contributed by atoms with Gasteiger partial charge >= 0.3 is 6.03 Å². The van der Waals surface area contributed by atoms with Crippen molar-refractivity contribution in [2.75, 3.05) is 13.4 Å². The summed E-state index contributed by atoms with van der Waals surface area (Å²) in [5, 5.41) is 16.9. The highest BCUT2D eigenvalue weighted by Crippen LogP contribution is 2.21. The first-order valence-corrected chi connectivity index (χ1v) is 5.88. The minimum absolute atomic E-state index is 0.111. The molecule has 0 radical (unpaired) electrons. The lowest BCUT2D eigenvalue weighted by atomic mass is 10.1. The number of carbonyl (C=O) groups excluding carboxylic acids is 3.